The van der Waals surface area contributed by atoms with Gasteiger partial charge < -0.3 is 15.2 Å². The summed E-state index contributed by atoms with van der Waals surface area (Å²) in [5.74, 6) is 1.10. The number of hydrogen-bond donors (Lipinski definition) is 2. The molecule has 1 amide bonds. The Bertz CT molecular complexity index is 389. The largest absolute Gasteiger partial charge is 0.493 e. The van der Waals surface area contributed by atoms with Crippen LogP contribution in [-0.2, 0) is 4.79 Å². The van der Waals surface area contributed by atoms with E-state index < -0.39 is 0 Å². The highest BCUT2D eigenvalue weighted by atomic mass is 16.5. The number of ether oxygens (including phenoxy) is 1. The maximum Gasteiger partial charge on any atom is 0.223 e. The molecule has 0 aliphatic carbocycles. The fourth-order valence-corrected chi connectivity index (χ4v) is 1.75. The van der Waals surface area contributed by atoms with Crippen LogP contribution in [0, 0.1) is 12.8 Å². The Labute approximate surface area is 121 Å². The van der Waals surface area contributed by atoms with Gasteiger partial charge in [-0.15, -0.1) is 0 Å². The van der Waals surface area contributed by atoms with Crippen LogP contribution in [0.4, 0.5) is 0 Å². The van der Waals surface area contributed by atoms with E-state index in [1.165, 1.54) is 5.56 Å². The van der Waals surface area contributed by atoms with Crippen molar-refractivity contribution in [2.24, 2.45) is 5.92 Å². The van der Waals surface area contributed by atoms with Crippen molar-refractivity contribution in [1.82, 2.24) is 5.32 Å². The summed E-state index contributed by atoms with van der Waals surface area (Å²) in [6, 6.07) is 7.78. The van der Waals surface area contributed by atoms with Crippen LogP contribution in [0.15, 0.2) is 24.3 Å². The van der Waals surface area contributed by atoms with Gasteiger partial charge in [0.25, 0.3) is 0 Å². The van der Waals surface area contributed by atoms with Gasteiger partial charge in [0.05, 0.1) is 13.0 Å². The van der Waals surface area contributed by atoms with E-state index >= 15 is 0 Å². The lowest BCUT2D eigenvalue weighted by molar-refractivity contribution is -0.121. The first-order valence-electron chi connectivity index (χ1n) is 7.19. The topological polar surface area (TPSA) is 58.6 Å². The molecular weight excluding hydrogens is 254 g/mol. The van der Waals surface area contributed by atoms with Crippen molar-refractivity contribution in [2.45, 2.75) is 33.1 Å². The summed E-state index contributed by atoms with van der Waals surface area (Å²) < 4.78 is 5.50. The van der Waals surface area contributed by atoms with Gasteiger partial charge in [0.1, 0.15) is 5.75 Å². The number of carbonyl (C=O) groups is 1. The molecule has 0 saturated heterocycles. The standard InChI is InChI=1S/C16H25NO3/c1-13-5-7-15(8-6-13)20-11-9-16(19)17-10-3-4-14(2)12-18/h5-8,14,18H,3-4,9-12H2,1-2H3,(H,17,19). The second-order valence-corrected chi connectivity index (χ2v) is 5.19. The summed E-state index contributed by atoms with van der Waals surface area (Å²) in [7, 11) is 0. The zero-order valence-electron chi connectivity index (χ0n) is 12.4. The molecule has 0 heterocycles. The van der Waals surface area contributed by atoms with E-state index in [-0.39, 0.29) is 12.5 Å². The Balaban J connectivity index is 2.07. The third kappa shape index (κ3) is 7.14. The van der Waals surface area contributed by atoms with Crippen molar-refractivity contribution in [3.8, 4) is 5.75 Å². The zero-order chi connectivity index (χ0) is 14.8. The highest BCUT2D eigenvalue weighted by Crippen LogP contribution is 2.11. The van der Waals surface area contributed by atoms with Crippen molar-refractivity contribution in [3.05, 3.63) is 29.8 Å². The van der Waals surface area contributed by atoms with E-state index in [1.54, 1.807) is 0 Å². The molecule has 112 valence electrons. The Morgan fingerprint density at radius 1 is 1.35 bits per heavy atom. The van der Waals surface area contributed by atoms with Gasteiger partial charge in [-0.3, -0.25) is 4.79 Å². The number of amides is 1. The maximum atomic E-state index is 11.6. The SMILES string of the molecule is Cc1ccc(OCCC(=O)NCCCC(C)CO)cc1. The number of rotatable bonds is 9. The van der Waals surface area contributed by atoms with E-state index in [0.29, 0.717) is 25.5 Å². The van der Waals surface area contributed by atoms with Crippen LogP contribution >= 0.6 is 0 Å². The van der Waals surface area contributed by atoms with Gasteiger partial charge in [0, 0.05) is 13.2 Å². The molecule has 0 fully saturated rings. The van der Waals surface area contributed by atoms with E-state index in [4.69, 9.17) is 9.84 Å². The number of carbonyl (C=O) groups excluding carboxylic acids is 1. The third-order valence-electron chi connectivity index (χ3n) is 3.13. The number of nitrogens with one attached hydrogen (secondary N) is 1. The molecule has 1 aromatic carbocycles. The normalized spacial score (nSPS) is 11.9. The number of aliphatic hydroxyl groups excluding tert-OH is 1. The van der Waals surface area contributed by atoms with E-state index in [1.807, 2.05) is 38.1 Å². The van der Waals surface area contributed by atoms with Gasteiger partial charge in [-0.25, -0.2) is 0 Å². The summed E-state index contributed by atoms with van der Waals surface area (Å²) in [4.78, 5) is 11.6. The number of aryl methyl sites for hydroxylation is 1. The maximum absolute atomic E-state index is 11.6. The molecule has 1 aromatic rings. The molecule has 0 aromatic heterocycles. The van der Waals surface area contributed by atoms with E-state index in [0.717, 1.165) is 18.6 Å². The van der Waals surface area contributed by atoms with Crippen molar-refractivity contribution in [2.75, 3.05) is 19.8 Å². The molecule has 0 bridgehead atoms. The summed E-state index contributed by atoms with van der Waals surface area (Å²) in [5.41, 5.74) is 1.19. The smallest absolute Gasteiger partial charge is 0.223 e. The van der Waals surface area contributed by atoms with Crippen molar-refractivity contribution in [1.29, 1.82) is 0 Å². The number of aliphatic hydroxyl groups is 1. The molecule has 0 aliphatic heterocycles. The van der Waals surface area contributed by atoms with Gasteiger partial charge >= 0.3 is 0 Å². The monoisotopic (exact) mass is 279 g/mol. The minimum absolute atomic E-state index is 0.00811. The lowest BCUT2D eigenvalue weighted by Crippen LogP contribution is -2.26. The molecule has 0 saturated carbocycles. The minimum Gasteiger partial charge on any atom is -0.493 e. The molecular formula is C16H25NO3. The molecule has 0 radical (unpaired) electrons. The second-order valence-electron chi connectivity index (χ2n) is 5.19. The van der Waals surface area contributed by atoms with Crippen molar-refractivity contribution < 1.29 is 14.6 Å². The lowest BCUT2D eigenvalue weighted by Gasteiger charge is -2.09. The molecule has 2 N–H and O–H groups in total. The number of hydrogen-bond acceptors (Lipinski definition) is 3. The van der Waals surface area contributed by atoms with Crippen LogP contribution in [0.2, 0.25) is 0 Å². The van der Waals surface area contributed by atoms with Crippen LogP contribution < -0.4 is 10.1 Å². The molecule has 1 unspecified atom stereocenters. The predicted octanol–water partition coefficient (Wildman–Crippen LogP) is 2.29. The molecule has 20 heavy (non-hydrogen) atoms. The molecule has 4 heteroatoms. The van der Waals surface area contributed by atoms with Crippen LogP contribution in [0.25, 0.3) is 0 Å². The first-order chi connectivity index (χ1) is 9.61. The number of benzene rings is 1. The minimum atomic E-state index is 0.00811. The zero-order valence-corrected chi connectivity index (χ0v) is 12.4. The average Bonchev–Trinajstić information content (AvgIpc) is 2.45. The van der Waals surface area contributed by atoms with Crippen LogP contribution in [0.5, 0.6) is 5.75 Å². The summed E-state index contributed by atoms with van der Waals surface area (Å²) >= 11 is 0. The highest BCUT2D eigenvalue weighted by Gasteiger charge is 2.03. The first kappa shape index (κ1) is 16.5. The van der Waals surface area contributed by atoms with Gasteiger partial charge in [0.2, 0.25) is 5.91 Å². The predicted molar refractivity (Wildman–Crippen MR) is 79.8 cm³/mol. The Morgan fingerprint density at radius 2 is 2.05 bits per heavy atom. The van der Waals surface area contributed by atoms with Gasteiger partial charge in [0.15, 0.2) is 0 Å². The van der Waals surface area contributed by atoms with Crippen LogP contribution in [0.3, 0.4) is 0 Å². The van der Waals surface area contributed by atoms with Gasteiger partial charge in [-0.05, 0) is 37.8 Å². The lowest BCUT2D eigenvalue weighted by atomic mass is 10.1. The average molecular weight is 279 g/mol. The van der Waals surface area contributed by atoms with Gasteiger partial charge in [-0.2, -0.15) is 0 Å². The Kier molecular flexibility index (Phi) is 7.73. The van der Waals surface area contributed by atoms with Crippen molar-refractivity contribution >= 4 is 5.91 Å². The third-order valence-corrected chi connectivity index (χ3v) is 3.13. The van der Waals surface area contributed by atoms with Crippen LogP contribution in [-0.4, -0.2) is 30.8 Å². The molecule has 1 rings (SSSR count). The fraction of sp³-hybridized carbons (Fsp3) is 0.562. The highest BCUT2D eigenvalue weighted by molar-refractivity contribution is 5.75. The molecule has 1 atom stereocenters. The molecule has 0 spiro atoms. The van der Waals surface area contributed by atoms with Crippen LogP contribution in [0.1, 0.15) is 31.7 Å². The fourth-order valence-electron chi connectivity index (χ4n) is 1.75. The summed E-state index contributed by atoms with van der Waals surface area (Å²) in [6.45, 7) is 5.28. The molecule has 0 aliphatic rings. The van der Waals surface area contributed by atoms with E-state index in [9.17, 15) is 4.79 Å². The Hall–Kier alpha value is -1.55. The quantitative estimate of drug-likeness (QED) is 0.682. The van der Waals surface area contributed by atoms with Gasteiger partial charge in [-0.1, -0.05) is 24.6 Å². The second kappa shape index (κ2) is 9.37. The Morgan fingerprint density at radius 3 is 2.70 bits per heavy atom. The van der Waals surface area contributed by atoms with E-state index in [2.05, 4.69) is 5.32 Å². The first-order valence-corrected chi connectivity index (χ1v) is 7.19. The summed E-state index contributed by atoms with van der Waals surface area (Å²) in [5, 5.41) is 11.7. The summed E-state index contributed by atoms with van der Waals surface area (Å²) in [6.07, 6.45) is 2.19. The molecule has 4 nitrogen and oxygen atoms in total. The van der Waals surface area contributed by atoms with Crippen molar-refractivity contribution in [3.63, 3.8) is 0 Å².